The Kier molecular flexibility index (Phi) is 9.25. The van der Waals surface area contributed by atoms with Gasteiger partial charge < -0.3 is 15.1 Å². The van der Waals surface area contributed by atoms with E-state index < -0.39 is 0 Å². The monoisotopic (exact) mass is 578 g/mol. The highest BCUT2D eigenvalue weighted by Gasteiger charge is 2.31. The Bertz CT molecular complexity index is 1460. The van der Waals surface area contributed by atoms with Crippen molar-refractivity contribution >= 4 is 51.3 Å². The van der Waals surface area contributed by atoms with Crippen LogP contribution < -0.4 is 10.2 Å². The van der Waals surface area contributed by atoms with Crippen molar-refractivity contribution in [3.63, 3.8) is 0 Å². The fourth-order valence-electron chi connectivity index (χ4n) is 5.35. The predicted molar refractivity (Wildman–Crippen MR) is 166 cm³/mol. The van der Waals surface area contributed by atoms with Gasteiger partial charge in [-0.05, 0) is 69.3 Å². The molecule has 0 amide bonds. The molecule has 2 aromatic carbocycles. The molecule has 0 spiro atoms. The van der Waals surface area contributed by atoms with Gasteiger partial charge in [0.25, 0.3) is 0 Å². The molecule has 4 aromatic rings. The lowest BCUT2D eigenvalue weighted by Gasteiger charge is -2.23. The van der Waals surface area contributed by atoms with Crippen molar-refractivity contribution in [1.82, 2.24) is 19.7 Å². The second kappa shape index (κ2) is 13.0. The molecule has 1 aliphatic carbocycles. The van der Waals surface area contributed by atoms with Gasteiger partial charge in [0.15, 0.2) is 5.78 Å². The molecule has 0 bridgehead atoms. The lowest BCUT2D eigenvalue weighted by atomic mass is 9.87. The molecular weight excluding hydrogens is 543 g/mol. The van der Waals surface area contributed by atoms with Crippen LogP contribution in [0.4, 0.5) is 11.4 Å². The van der Waals surface area contributed by atoms with Crippen LogP contribution in [-0.2, 0) is 13.0 Å². The number of rotatable bonds is 14. The average Bonchev–Trinajstić information content (AvgIpc) is 3.34. The van der Waals surface area contributed by atoms with Gasteiger partial charge in [-0.25, -0.2) is 0 Å². The van der Waals surface area contributed by atoms with Crippen molar-refractivity contribution in [2.24, 2.45) is 0 Å². The SMILES string of the molecule is CN(C)CCn1nc2c3c(c(NCCCCc4ccc(N(CCCl)CCCl)cc4)ccc31)C(=O)c1ccncc1-2. The van der Waals surface area contributed by atoms with Gasteiger partial charge >= 0.3 is 0 Å². The van der Waals surface area contributed by atoms with Crippen LogP contribution in [0.1, 0.15) is 34.3 Å². The molecule has 0 saturated heterocycles. The van der Waals surface area contributed by atoms with Crippen molar-refractivity contribution in [2.75, 3.05) is 62.3 Å². The number of carbonyl (C=O) groups excluding carboxylic acids is 1. The van der Waals surface area contributed by atoms with E-state index in [1.165, 1.54) is 5.56 Å². The van der Waals surface area contributed by atoms with Crippen LogP contribution in [0.5, 0.6) is 0 Å². The Morgan fingerprint density at radius 1 is 0.925 bits per heavy atom. The van der Waals surface area contributed by atoms with E-state index in [0.29, 0.717) is 17.3 Å². The molecule has 1 N–H and O–H groups in total. The van der Waals surface area contributed by atoms with Gasteiger partial charge in [-0.15, -0.1) is 23.2 Å². The number of likely N-dealkylation sites (N-methyl/N-ethyl adjacent to an activating group) is 1. The molecule has 40 heavy (non-hydrogen) atoms. The van der Waals surface area contributed by atoms with Crippen LogP contribution in [-0.4, -0.2) is 77.5 Å². The third-order valence-corrected chi connectivity index (χ3v) is 7.78. The fraction of sp³-hybridized carbons (Fsp3) is 0.387. The van der Waals surface area contributed by atoms with Crippen LogP contribution in [0.3, 0.4) is 0 Å². The number of anilines is 2. The highest BCUT2D eigenvalue weighted by Crippen LogP contribution is 2.41. The summed E-state index contributed by atoms with van der Waals surface area (Å²) in [6.07, 6.45) is 6.48. The van der Waals surface area contributed by atoms with E-state index in [1.807, 2.05) is 10.7 Å². The molecular formula is C31H36Cl2N6O. The molecule has 0 atom stereocenters. The highest BCUT2D eigenvalue weighted by atomic mass is 35.5. The van der Waals surface area contributed by atoms with Gasteiger partial charge in [0, 0.05) is 78.2 Å². The van der Waals surface area contributed by atoms with E-state index in [1.54, 1.807) is 18.5 Å². The first-order chi connectivity index (χ1) is 19.5. The standard InChI is InChI=1S/C31H36Cl2N6O/c1-37(2)19-20-39-27-11-10-26(28-29(27)30(36-39)25-21-34-16-12-24(25)31(28)40)35-15-4-3-5-22-6-8-23(9-7-22)38(17-13-32)18-14-33/h6-12,16,21,35H,3-5,13-15,17-20H2,1-2H3. The minimum absolute atomic E-state index is 0.0302. The molecule has 0 radical (unpaired) electrons. The molecule has 210 valence electrons. The highest BCUT2D eigenvalue weighted by molar-refractivity contribution is 6.27. The summed E-state index contributed by atoms with van der Waals surface area (Å²) in [5, 5.41) is 9.43. The molecule has 0 aliphatic heterocycles. The fourth-order valence-corrected chi connectivity index (χ4v) is 5.76. The maximum Gasteiger partial charge on any atom is 0.196 e. The quantitative estimate of drug-likeness (QED) is 0.130. The molecule has 5 rings (SSSR count). The summed E-state index contributed by atoms with van der Waals surface area (Å²) in [4.78, 5) is 22.3. The Hall–Kier alpha value is -3.13. The zero-order chi connectivity index (χ0) is 28.1. The number of alkyl halides is 2. The Balaban J connectivity index is 1.27. The average molecular weight is 580 g/mol. The molecule has 0 saturated carbocycles. The molecule has 2 heterocycles. The van der Waals surface area contributed by atoms with Crippen LogP contribution >= 0.6 is 23.2 Å². The van der Waals surface area contributed by atoms with E-state index in [2.05, 4.69) is 64.5 Å². The van der Waals surface area contributed by atoms with E-state index in [9.17, 15) is 4.79 Å². The topological polar surface area (TPSA) is 66.3 Å². The van der Waals surface area contributed by atoms with Gasteiger partial charge in [-0.3, -0.25) is 14.5 Å². The first-order valence-electron chi connectivity index (χ1n) is 13.9. The molecule has 7 nitrogen and oxygen atoms in total. The van der Waals surface area contributed by atoms with Crippen molar-refractivity contribution in [1.29, 1.82) is 0 Å². The van der Waals surface area contributed by atoms with Gasteiger partial charge in [0.2, 0.25) is 0 Å². The van der Waals surface area contributed by atoms with Crippen LogP contribution in [0, 0.1) is 0 Å². The van der Waals surface area contributed by atoms with Gasteiger partial charge in [-0.2, -0.15) is 5.10 Å². The van der Waals surface area contributed by atoms with Crippen molar-refractivity contribution in [3.05, 3.63) is 71.5 Å². The maximum atomic E-state index is 13.7. The van der Waals surface area contributed by atoms with Gasteiger partial charge in [-0.1, -0.05) is 12.1 Å². The number of unbranched alkanes of at least 4 members (excludes halogenated alkanes) is 1. The second-order valence-corrected chi connectivity index (χ2v) is 11.2. The normalized spacial score (nSPS) is 12.3. The third kappa shape index (κ3) is 5.97. The number of aromatic nitrogens is 3. The number of nitrogens with zero attached hydrogens (tertiary/aromatic N) is 5. The number of halogens is 2. The number of benzene rings is 2. The number of ketones is 1. The minimum atomic E-state index is 0.0302. The molecule has 2 aromatic heterocycles. The summed E-state index contributed by atoms with van der Waals surface area (Å²) >= 11 is 11.9. The number of hydrogen-bond acceptors (Lipinski definition) is 6. The summed E-state index contributed by atoms with van der Waals surface area (Å²) in [6.45, 7) is 3.97. The third-order valence-electron chi connectivity index (χ3n) is 7.44. The predicted octanol–water partition coefficient (Wildman–Crippen LogP) is 5.92. The Morgan fingerprint density at radius 2 is 1.70 bits per heavy atom. The molecule has 9 heteroatoms. The minimum Gasteiger partial charge on any atom is -0.384 e. The van der Waals surface area contributed by atoms with Gasteiger partial charge in [0.1, 0.15) is 5.69 Å². The maximum absolute atomic E-state index is 13.7. The second-order valence-electron chi connectivity index (χ2n) is 10.4. The number of hydrogen-bond donors (Lipinski definition) is 1. The Labute approximate surface area is 246 Å². The van der Waals surface area contributed by atoms with Crippen LogP contribution in [0.2, 0.25) is 0 Å². The number of carbonyl (C=O) groups is 1. The summed E-state index contributed by atoms with van der Waals surface area (Å²) in [6, 6.07) is 14.6. The summed E-state index contributed by atoms with van der Waals surface area (Å²) in [7, 11) is 4.10. The first-order valence-corrected chi connectivity index (χ1v) is 15.0. The molecule has 0 unspecified atom stereocenters. The molecule has 0 fully saturated rings. The zero-order valence-corrected chi connectivity index (χ0v) is 24.7. The van der Waals surface area contributed by atoms with E-state index in [0.717, 1.165) is 91.1 Å². The van der Waals surface area contributed by atoms with Gasteiger partial charge in [0.05, 0.1) is 17.6 Å². The van der Waals surface area contributed by atoms with Crippen molar-refractivity contribution in [2.45, 2.75) is 25.8 Å². The summed E-state index contributed by atoms with van der Waals surface area (Å²) < 4.78 is 2.02. The lowest BCUT2D eigenvalue weighted by molar-refractivity contribution is 0.104. The number of fused-ring (bicyclic) bond motifs is 2. The lowest BCUT2D eigenvalue weighted by Crippen LogP contribution is -2.27. The summed E-state index contributed by atoms with van der Waals surface area (Å²) in [5.74, 6) is 1.19. The summed E-state index contributed by atoms with van der Waals surface area (Å²) in [5.41, 5.74) is 7.36. The largest absolute Gasteiger partial charge is 0.384 e. The van der Waals surface area contributed by atoms with Crippen molar-refractivity contribution in [3.8, 4) is 11.3 Å². The first kappa shape index (κ1) is 28.4. The number of pyridine rings is 1. The Morgan fingerprint density at radius 3 is 2.42 bits per heavy atom. The van der Waals surface area contributed by atoms with Crippen molar-refractivity contribution < 1.29 is 4.79 Å². The zero-order valence-electron chi connectivity index (χ0n) is 23.2. The number of nitrogens with one attached hydrogen (secondary N) is 1. The van der Waals surface area contributed by atoms with E-state index in [-0.39, 0.29) is 5.78 Å². The number of aryl methyl sites for hydroxylation is 1. The van der Waals surface area contributed by atoms with E-state index in [4.69, 9.17) is 28.3 Å². The molecule has 1 aliphatic rings. The smallest absolute Gasteiger partial charge is 0.196 e. The van der Waals surface area contributed by atoms with Crippen LogP contribution in [0.15, 0.2) is 54.9 Å². The van der Waals surface area contributed by atoms with Crippen LogP contribution in [0.25, 0.3) is 22.2 Å². The van der Waals surface area contributed by atoms with E-state index >= 15 is 0 Å².